The number of nitro benzene ring substituents is 1. The third-order valence-electron chi connectivity index (χ3n) is 2.60. The van der Waals surface area contributed by atoms with Crippen LogP contribution in [0.1, 0.15) is 12.5 Å². The minimum absolute atomic E-state index is 0.0134. The van der Waals surface area contributed by atoms with Crippen LogP contribution in [-0.2, 0) is 11.3 Å². The maximum absolute atomic E-state index is 11.1. The van der Waals surface area contributed by atoms with E-state index < -0.39 is 4.92 Å². The van der Waals surface area contributed by atoms with Crippen molar-refractivity contribution in [3.05, 3.63) is 46.0 Å². The van der Waals surface area contributed by atoms with Gasteiger partial charge in [0.2, 0.25) is 0 Å². The fourth-order valence-electron chi connectivity index (χ4n) is 1.58. The van der Waals surface area contributed by atoms with Crippen LogP contribution in [0, 0.1) is 10.1 Å². The highest BCUT2D eigenvalue weighted by Gasteiger charge is 2.15. The normalized spacial score (nSPS) is 10.9. The Morgan fingerprint density at radius 1 is 1.45 bits per heavy atom. The van der Waals surface area contributed by atoms with Gasteiger partial charge in [-0.25, -0.2) is 0 Å². The van der Waals surface area contributed by atoms with Gasteiger partial charge < -0.3 is 14.8 Å². The lowest BCUT2D eigenvalue weighted by molar-refractivity contribution is -0.385. The van der Waals surface area contributed by atoms with Crippen molar-refractivity contribution < 1.29 is 14.4 Å². The molecule has 1 aromatic rings. The van der Waals surface area contributed by atoms with Crippen molar-refractivity contribution in [3.8, 4) is 5.75 Å². The molecule has 0 atom stereocenters. The molecule has 0 bridgehead atoms. The molecule has 1 aromatic carbocycles. The van der Waals surface area contributed by atoms with E-state index in [9.17, 15) is 10.1 Å². The molecular weight excluding hydrogens is 260 g/mol. The number of methoxy groups -OCH3 is 1. The summed E-state index contributed by atoms with van der Waals surface area (Å²) in [5.74, 6) is 0.286. The van der Waals surface area contributed by atoms with Crippen molar-refractivity contribution in [1.29, 1.82) is 0 Å². The van der Waals surface area contributed by atoms with Gasteiger partial charge in [0.15, 0.2) is 5.75 Å². The largest absolute Gasteiger partial charge is 0.483 e. The van der Waals surface area contributed by atoms with Crippen LogP contribution in [-0.4, -0.2) is 31.8 Å². The molecule has 0 aliphatic rings. The topological polar surface area (TPSA) is 73.6 Å². The zero-order valence-electron chi connectivity index (χ0n) is 11.8. The lowest BCUT2D eigenvalue weighted by atomic mass is 10.2. The lowest BCUT2D eigenvalue weighted by Gasteiger charge is -2.07. The van der Waals surface area contributed by atoms with E-state index >= 15 is 0 Å². The molecule has 0 aliphatic heterocycles. The van der Waals surface area contributed by atoms with E-state index in [2.05, 4.69) is 5.32 Å². The number of nitro groups is 1. The number of nitrogens with one attached hydrogen (secondary N) is 1. The van der Waals surface area contributed by atoms with Crippen molar-refractivity contribution in [1.82, 2.24) is 5.32 Å². The highest BCUT2D eigenvalue weighted by atomic mass is 16.6. The predicted molar refractivity (Wildman–Crippen MR) is 77.0 cm³/mol. The molecule has 6 nitrogen and oxygen atoms in total. The van der Waals surface area contributed by atoms with Crippen molar-refractivity contribution in [2.24, 2.45) is 0 Å². The van der Waals surface area contributed by atoms with Gasteiger partial charge in [-0.1, -0.05) is 18.2 Å². The van der Waals surface area contributed by atoms with Gasteiger partial charge in [-0.15, -0.1) is 0 Å². The third-order valence-corrected chi connectivity index (χ3v) is 2.60. The first kappa shape index (κ1) is 16.1. The highest BCUT2D eigenvalue weighted by Crippen LogP contribution is 2.27. The summed E-state index contributed by atoms with van der Waals surface area (Å²) in [4.78, 5) is 10.6. The molecule has 0 saturated heterocycles. The van der Waals surface area contributed by atoms with Gasteiger partial charge >= 0.3 is 5.69 Å². The summed E-state index contributed by atoms with van der Waals surface area (Å²) in [6.45, 7) is 4.05. The first-order valence-electron chi connectivity index (χ1n) is 6.40. The summed E-state index contributed by atoms with van der Waals surface area (Å²) >= 11 is 0. The molecule has 0 aromatic heterocycles. The molecule has 0 spiro atoms. The van der Waals surface area contributed by atoms with Gasteiger partial charge in [0.05, 0.1) is 11.5 Å². The van der Waals surface area contributed by atoms with E-state index in [0.29, 0.717) is 26.3 Å². The van der Waals surface area contributed by atoms with E-state index in [1.165, 1.54) is 6.07 Å². The molecule has 0 heterocycles. The minimum Gasteiger partial charge on any atom is -0.483 e. The Morgan fingerprint density at radius 2 is 2.25 bits per heavy atom. The second-order valence-corrected chi connectivity index (χ2v) is 4.11. The number of rotatable bonds is 9. The monoisotopic (exact) mass is 280 g/mol. The Hall–Kier alpha value is -1.92. The van der Waals surface area contributed by atoms with E-state index in [-0.39, 0.29) is 11.4 Å². The van der Waals surface area contributed by atoms with Crippen LogP contribution in [0.15, 0.2) is 30.4 Å². The fraction of sp³-hybridized carbons (Fsp3) is 0.429. The smallest absolute Gasteiger partial charge is 0.311 e. The fourth-order valence-corrected chi connectivity index (χ4v) is 1.58. The zero-order valence-corrected chi connectivity index (χ0v) is 11.8. The minimum atomic E-state index is -0.427. The van der Waals surface area contributed by atoms with Crippen molar-refractivity contribution >= 4 is 5.69 Å². The number of hydrogen-bond donors (Lipinski definition) is 1. The first-order valence-corrected chi connectivity index (χ1v) is 6.40. The van der Waals surface area contributed by atoms with Crippen LogP contribution in [0.4, 0.5) is 5.69 Å². The quantitative estimate of drug-likeness (QED) is 0.325. The summed E-state index contributed by atoms with van der Waals surface area (Å²) in [5, 5.41) is 14.2. The van der Waals surface area contributed by atoms with Crippen LogP contribution < -0.4 is 10.1 Å². The summed E-state index contributed by atoms with van der Waals surface area (Å²) in [7, 11) is 1.63. The SMILES string of the molecule is CC=CCOc1ccc(CNCCOC)cc1[N+](=O)[O-]. The van der Waals surface area contributed by atoms with Crippen LogP contribution in [0.5, 0.6) is 5.75 Å². The summed E-state index contributed by atoms with van der Waals surface area (Å²) in [6.07, 6.45) is 3.63. The summed E-state index contributed by atoms with van der Waals surface area (Å²) in [5.41, 5.74) is 0.826. The molecule has 0 unspecified atom stereocenters. The number of nitrogens with zero attached hydrogens (tertiary/aromatic N) is 1. The molecule has 0 fully saturated rings. The Morgan fingerprint density at radius 3 is 2.90 bits per heavy atom. The van der Waals surface area contributed by atoms with Crippen LogP contribution >= 0.6 is 0 Å². The molecule has 1 N–H and O–H groups in total. The van der Waals surface area contributed by atoms with Gasteiger partial charge in [-0.3, -0.25) is 10.1 Å². The predicted octanol–water partition coefficient (Wildman–Crippen LogP) is 2.29. The van der Waals surface area contributed by atoms with Crippen LogP contribution in [0.3, 0.4) is 0 Å². The van der Waals surface area contributed by atoms with Crippen LogP contribution in [0.25, 0.3) is 0 Å². The van der Waals surface area contributed by atoms with Gasteiger partial charge in [0.1, 0.15) is 6.61 Å². The van der Waals surface area contributed by atoms with Gasteiger partial charge in [0, 0.05) is 26.3 Å². The molecule has 0 amide bonds. The van der Waals surface area contributed by atoms with Crippen molar-refractivity contribution in [3.63, 3.8) is 0 Å². The molecule has 0 saturated carbocycles. The standard InChI is InChI=1S/C14H20N2O4/c1-3-4-8-20-14-6-5-12(10-13(14)16(17)18)11-15-7-9-19-2/h3-6,10,15H,7-9,11H2,1-2H3. The maximum atomic E-state index is 11.1. The van der Waals surface area contributed by atoms with E-state index in [0.717, 1.165) is 5.56 Å². The molecule has 20 heavy (non-hydrogen) atoms. The van der Waals surface area contributed by atoms with Gasteiger partial charge in [-0.2, -0.15) is 0 Å². The Kier molecular flexibility index (Phi) is 7.31. The summed E-state index contributed by atoms with van der Waals surface area (Å²) < 4.78 is 10.3. The van der Waals surface area contributed by atoms with Gasteiger partial charge in [-0.05, 0) is 18.6 Å². The number of allylic oxidation sites excluding steroid dienone is 1. The highest BCUT2D eigenvalue weighted by molar-refractivity contribution is 5.48. The average Bonchev–Trinajstić information content (AvgIpc) is 2.44. The second kappa shape index (κ2) is 9.06. The average molecular weight is 280 g/mol. The Labute approximate surface area is 118 Å². The van der Waals surface area contributed by atoms with E-state index in [1.54, 1.807) is 19.3 Å². The van der Waals surface area contributed by atoms with Crippen LogP contribution in [0.2, 0.25) is 0 Å². The first-order chi connectivity index (χ1) is 9.69. The van der Waals surface area contributed by atoms with E-state index in [1.807, 2.05) is 19.1 Å². The molecule has 110 valence electrons. The molecule has 0 radical (unpaired) electrons. The molecule has 6 heteroatoms. The molecular formula is C14H20N2O4. The number of ether oxygens (including phenoxy) is 2. The number of benzene rings is 1. The van der Waals surface area contributed by atoms with Gasteiger partial charge in [0.25, 0.3) is 0 Å². The van der Waals surface area contributed by atoms with E-state index in [4.69, 9.17) is 9.47 Å². The zero-order chi connectivity index (χ0) is 14.8. The molecule has 0 aliphatic carbocycles. The Bertz CT molecular complexity index is 460. The number of hydrogen-bond acceptors (Lipinski definition) is 5. The Balaban J connectivity index is 2.71. The van der Waals surface area contributed by atoms with Crippen molar-refractivity contribution in [2.45, 2.75) is 13.5 Å². The lowest BCUT2D eigenvalue weighted by Crippen LogP contribution is -2.18. The maximum Gasteiger partial charge on any atom is 0.311 e. The molecule has 1 rings (SSSR count). The summed E-state index contributed by atoms with van der Waals surface area (Å²) in [6, 6.07) is 4.98. The van der Waals surface area contributed by atoms with Crippen molar-refractivity contribution in [2.75, 3.05) is 26.9 Å². The second-order valence-electron chi connectivity index (χ2n) is 4.11. The third kappa shape index (κ3) is 5.38.